The first kappa shape index (κ1) is 13.8. The number of hydrogen-bond donors (Lipinski definition) is 1. The Morgan fingerprint density at radius 2 is 2.16 bits per heavy atom. The van der Waals surface area contributed by atoms with Gasteiger partial charge >= 0.3 is 0 Å². The summed E-state index contributed by atoms with van der Waals surface area (Å²) in [5.74, 6) is 3.11. The molecule has 0 aromatic carbocycles. The van der Waals surface area contributed by atoms with Crippen LogP contribution < -0.4 is 10.1 Å². The minimum atomic E-state index is 0.534. The summed E-state index contributed by atoms with van der Waals surface area (Å²) < 4.78 is 5.74. The first-order valence-corrected chi connectivity index (χ1v) is 7.12. The topological polar surface area (TPSA) is 47.0 Å². The van der Waals surface area contributed by atoms with Crippen molar-refractivity contribution in [3.05, 3.63) is 23.5 Å². The largest absolute Gasteiger partial charge is 0.473 e. The van der Waals surface area contributed by atoms with Gasteiger partial charge in [-0.15, -0.1) is 0 Å². The van der Waals surface area contributed by atoms with E-state index in [1.807, 2.05) is 26.0 Å². The molecule has 0 unspecified atom stereocenters. The van der Waals surface area contributed by atoms with Gasteiger partial charge in [-0.2, -0.15) is 4.98 Å². The second kappa shape index (κ2) is 6.55. The minimum absolute atomic E-state index is 0.534. The lowest BCUT2D eigenvalue weighted by atomic mass is 10.3. The summed E-state index contributed by atoms with van der Waals surface area (Å²) in [5, 5.41) is 3.37. The van der Waals surface area contributed by atoms with Gasteiger partial charge in [-0.05, 0) is 33.1 Å². The van der Waals surface area contributed by atoms with Crippen LogP contribution in [0, 0.1) is 6.92 Å². The smallest absolute Gasteiger partial charge is 0.222 e. The molecule has 0 radical (unpaired) electrons. The number of hydrogen-bond acceptors (Lipinski definition) is 4. The maximum atomic E-state index is 5.74. The minimum Gasteiger partial charge on any atom is -0.473 e. The Bertz CT molecular complexity index is 453. The average Bonchev–Trinajstić information content (AvgIpc) is 3.24. The third kappa shape index (κ3) is 3.69. The molecule has 1 heterocycles. The van der Waals surface area contributed by atoms with Crippen LogP contribution in [-0.2, 0) is 0 Å². The molecule has 4 heteroatoms. The highest BCUT2D eigenvalue weighted by atomic mass is 16.5. The van der Waals surface area contributed by atoms with Gasteiger partial charge in [-0.25, -0.2) is 4.98 Å². The van der Waals surface area contributed by atoms with Gasteiger partial charge in [0.1, 0.15) is 18.2 Å². The molecular weight excluding hydrogens is 238 g/mol. The molecule has 1 saturated carbocycles. The zero-order valence-corrected chi connectivity index (χ0v) is 12.1. The van der Waals surface area contributed by atoms with Crippen molar-refractivity contribution in [3.63, 3.8) is 0 Å². The summed E-state index contributed by atoms with van der Waals surface area (Å²) in [6, 6.07) is 0. The number of allylic oxidation sites excluding steroid dienone is 1. The van der Waals surface area contributed by atoms with E-state index in [4.69, 9.17) is 4.74 Å². The molecule has 19 heavy (non-hydrogen) atoms. The first-order chi connectivity index (χ1) is 9.26. The molecule has 1 aromatic rings. The molecule has 1 aromatic heterocycles. The zero-order chi connectivity index (χ0) is 13.7. The maximum Gasteiger partial charge on any atom is 0.222 e. The van der Waals surface area contributed by atoms with E-state index in [2.05, 4.69) is 22.2 Å². The molecule has 0 bridgehead atoms. The van der Waals surface area contributed by atoms with Gasteiger partial charge in [0, 0.05) is 12.5 Å². The number of anilines is 1. The second-order valence-corrected chi connectivity index (χ2v) is 4.94. The molecular formula is C15H23N3O. The Labute approximate surface area is 115 Å². The third-order valence-electron chi connectivity index (χ3n) is 3.16. The van der Waals surface area contributed by atoms with Crippen molar-refractivity contribution in [2.45, 2.75) is 46.0 Å². The van der Waals surface area contributed by atoms with Crippen LogP contribution in [0.25, 0.3) is 0 Å². The summed E-state index contributed by atoms with van der Waals surface area (Å²) in [6.45, 7) is 7.64. The molecule has 1 N–H and O–H groups in total. The lowest BCUT2D eigenvalue weighted by Gasteiger charge is -2.13. The number of nitrogens with zero attached hydrogens (tertiary/aromatic N) is 2. The fourth-order valence-electron chi connectivity index (χ4n) is 1.82. The van der Waals surface area contributed by atoms with Crippen LogP contribution in [0.3, 0.4) is 0 Å². The van der Waals surface area contributed by atoms with E-state index in [9.17, 15) is 0 Å². The third-order valence-corrected chi connectivity index (χ3v) is 3.16. The first-order valence-electron chi connectivity index (χ1n) is 7.12. The number of rotatable bonds is 7. The van der Waals surface area contributed by atoms with Gasteiger partial charge in [0.15, 0.2) is 0 Å². The van der Waals surface area contributed by atoms with E-state index in [-0.39, 0.29) is 0 Å². The van der Waals surface area contributed by atoms with Crippen molar-refractivity contribution in [2.24, 2.45) is 0 Å². The monoisotopic (exact) mass is 261 g/mol. The van der Waals surface area contributed by atoms with Gasteiger partial charge in [-0.3, -0.25) is 0 Å². The molecule has 0 saturated heterocycles. The summed E-state index contributed by atoms with van der Waals surface area (Å²) in [5.41, 5.74) is 1.00. The van der Waals surface area contributed by atoms with Gasteiger partial charge < -0.3 is 10.1 Å². The van der Waals surface area contributed by atoms with E-state index >= 15 is 0 Å². The fraction of sp³-hybridized carbons (Fsp3) is 0.600. The summed E-state index contributed by atoms with van der Waals surface area (Å²) >= 11 is 0. The van der Waals surface area contributed by atoms with Crippen molar-refractivity contribution >= 4 is 5.82 Å². The Balaban J connectivity index is 2.20. The van der Waals surface area contributed by atoms with Gasteiger partial charge in [0.05, 0.1) is 5.56 Å². The van der Waals surface area contributed by atoms with Crippen LogP contribution in [0.4, 0.5) is 5.82 Å². The van der Waals surface area contributed by atoms with E-state index in [1.54, 1.807) is 0 Å². The maximum absolute atomic E-state index is 5.74. The zero-order valence-electron chi connectivity index (χ0n) is 12.1. The van der Waals surface area contributed by atoms with Crippen LogP contribution in [0.1, 0.15) is 50.4 Å². The lowest BCUT2D eigenvalue weighted by molar-refractivity contribution is 0.343. The molecule has 1 fully saturated rings. The molecule has 0 aliphatic heterocycles. The second-order valence-electron chi connectivity index (χ2n) is 4.94. The molecule has 104 valence electrons. The highest BCUT2D eigenvalue weighted by Gasteiger charge is 2.28. The van der Waals surface area contributed by atoms with Crippen molar-refractivity contribution < 1.29 is 4.74 Å². The molecule has 4 nitrogen and oxygen atoms in total. The molecule has 1 aliphatic rings. The molecule has 0 amide bonds. The van der Waals surface area contributed by atoms with Gasteiger partial charge in [-0.1, -0.05) is 19.1 Å². The standard InChI is InChI=1S/C15H23N3O/c1-4-6-10-19-15-11(3)13(16-9-5-2)17-14(18-15)12-7-8-12/h4,6,12H,5,7-10H2,1-3H3,(H,16,17,18)/b6-4+. The van der Waals surface area contributed by atoms with Crippen LogP contribution >= 0.6 is 0 Å². The van der Waals surface area contributed by atoms with Crippen molar-refractivity contribution in [1.29, 1.82) is 0 Å². The summed E-state index contributed by atoms with van der Waals surface area (Å²) in [6.07, 6.45) is 7.44. The molecule has 2 rings (SSSR count). The quantitative estimate of drug-likeness (QED) is 0.764. The summed E-state index contributed by atoms with van der Waals surface area (Å²) in [7, 11) is 0. The normalized spacial score (nSPS) is 14.9. The fourth-order valence-corrected chi connectivity index (χ4v) is 1.82. The SMILES string of the molecule is C/C=C/COc1nc(C2CC2)nc(NCCC)c1C. The highest BCUT2D eigenvalue weighted by molar-refractivity contribution is 5.49. The Kier molecular flexibility index (Phi) is 4.77. The number of nitrogens with one attached hydrogen (secondary N) is 1. The highest BCUT2D eigenvalue weighted by Crippen LogP contribution is 2.39. The predicted molar refractivity (Wildman–Crippen MR) is 77.8 cm³/mol. The Morgan fingerprint density at radius 1 is 1.37 bits per heavy atom. The Hall–Kier alpha value is -1.58. The molecule has 0 atom stereocenters. The molecule has 1 aliphatic carbocycles. The van der Waals surface area contributed by atoms with Crippen molar-refractivity contribution in [1.82, 2.24) is 9.97 Å². The van der Waals surface area contributed by atoms with E-state index in [0.29, 0.717) is 18.4 Å². The Morgan fingerprint density at radius 3 is 2.79 bits per heavy atom. The predicted octanol–water partition coefficient (Wildman–Crippen LogP) is 3.44. The van der Waals surface area contributed by atoms with Crippen LogP contribution in [0.5, 0.6) is 5.88 Å². The average molecular weight is 261 g/mol. The van der Waals surface area contributed by atoms with Gasteiger partial charge in [0.25, 0.3) is 0 Å². The van der Waals surface area contributed by atoms with Crippen LogP contribution in [0.2, 0.25) is 0 Å². The van der Waals surface area contributed by atoms with E-state index in [0.717, 1.165) is 30.2 Å². The molecule has 0 spiro atoms. The van der Waals surface area contributed by atoms with Crippen LogP contribution in [-0.4, -0.2) is 23.1 Å². The van der Waals surface area contributed by atoms with E-state index in [1.165, 1.54) is 12.8 Å². The van der Waals surface area contributed by atoms with Crippen LogP contribution in [0.15, 0.2) is 12.2 Å². The van der Waals surface area contributed by atoms with E-state index < -0.39 is 0 Å². The number of ether oxygens (including phenoxy) is 1. The van der Waals surface area contributed by atoms with Crippen molar-refractivity contribution in [3.8, 4) is 5.88 Å². The summed E-state index contributed by atoms with van der Waals surface area (Å²) in [4.78, 5) is 9.21. The van der Waals surface area contributed by atoms with Gasteiger partial charge in [0.2, 0.25) is 5.88 Å². The lowest BCUT2D eigenvalue weighted by Crippen LogP contribution is -2.10. The van der Waals surface area contributed by atoms with Crippen molar-refractivity contribution in [2.75, 3.05) is 18.5 Å². The number of aromatic nitrogens is 2.